The molecule has 4 nitrogen and oxygen atoms in total. The molecular formula is C53H86N2O2S2. The van der Waals surface area contributed by atoms with Gasteiger partial charge in [0.2, 0.25) is 0 Å². The van der Waals surface area contributed by atoms with Gasteiger partial charge in [0.15, 0.2) is 0 Å². The lowest BCUT2D eigenvalue weighted by Gasteiger charge is -2.11. The van der Waals surface area contributed by atoms with Crippen LogP contribution in [0.15, 0.2) is 44.5 Å². The van der Waals surface area contributed by atoms with Crippen molar-refractivity contribution in [3.63, 3.8) is 0 Å². The van der Waals surface area contributed by atoms with Gasteiger partial charge in [0.05, 0.1) is 12.5 Å². The fourth-order valence-corrected chi connectivity index (χ4v) is 7.94. The molecule has 6 heterocycles. The zero-order valence-electron chi connectivity index (χ0n) is 41.1. The van der Waals surface area contributed by atoms with E-state index in [2.05, 4.69) is 164 Å². The number of hydrogen-bond acceptors (Lipinski definition) is 4. The summed E-state index contributed by atoms with van der Waals surface area (Å²) in [6, 6.07) is 0. The molecule has 0 spiro atoms. The lowest BCUT2D eigenvalue weighted by molar-refractivity contribution is 0.380. The van der Waals surface area contributed by atoms with Crippen molar-refractivity contribution in [1.29, 1.82) is 0 Å². The van der Waals surface area contributed by atoms with E-state index in [1.54, 1.807) is 12.5 Å². The van der Waals surface area contributed by atoms with Gasteiger partial charge in [-0.1, -0.05) is 41.0 Å². The van der Waals surface area contributed by atoms with Gasteiger partial charge in [-0.05, 0) is 220 Å². The first-order chi connectivity index (χ1) is 26.8. The van der Waals surface area contributed by atoms with Crippen molar-refractivity contribution in [2.75, 3.05) is 0 Å². The first-order valence-electron chi connectivity index (χ1n) is 21.1. The van der Waals surface area contributed by atoms with E-state index >= 15 is 0 Å². The molecule has 1 fully saturated rings. The van der Waals surface area contributed by atoms with Gasteiger partial charge in [-0.15, -0.1) is 22.7 Å². The average molecular weight is 847 g/mol. The van der Waals surface area contributed by atoms with Crippen LogP contribution in [-0.4, -0.2) is 9.13 Å². The predicted molar refractivity (Wildman–Crippen MR) is 266 cm³/mol. The molecule has 6 aromatic heterocycles. The van der Waals surface area contributed by atoms with E-state index in [4.69, 9.17) is 8.83 Å². The van der Waals surface area contributed by atoms with Crippen molar-refractivity contribution < 1.29 is 8.83 Å². The molecule has 1 aliphatic rings. The van der Waals surface area contributed by atoms with E-state index in [0.29, 0.717) is 0 Å². The molecule has 6 aromatic rings. The van der Waals surface area contributed by atoms with Crippen LogP contribution in [0.5, 0.6) is 0 Å². The van der Waals surface area contributed by atoms with Crippen LogP contribution in [0.3, 0.4) is 0 Å². The van der Waals surface area contributed by atoms with E-state index < -0.39 is 0 Å². The third kappa shape index (κ3) is 17.2. The molecule has 0 bridgehead atoms. The Bertz CT molecular complexity index is 1740. The van der Waals surface area contributed by atoms with Gasteiger partial charge in [0, 0.05) is 47.6 Å². The van der Waals surface area contributed by atoms with Crippen LogP contribution in [0.2, 0.25) is 0 Å². The summed E-state index contributed by atoms with van der Waals surface area (Å²) in [6.07, 6.45) is 10.8. The standard InChI is InChI=1S/2C8H13N.C8H16.2C7H10O.2C7H10S.CH4/c2*1-6-5-9(4)8(3)7(6)2;1-6-4-5-7(2)8(6)3;4*1-5-4-8-7(3)6(5)2;/h2*5H,1-4H3;6-8H,4-5H2,1-3H3;4*4H,1-3H3;1H4. The molecule has 6 heteroatoms. The second-order valence-electron chi connectivity index (χ2n) is 17.1. The van der Waals surface area contributed by atoms with Crippen molar-refractivity contribution >= 4 is 22.7 Å². The van der Waals surface area contributed by atoms with Crippen molar-refractivity contribution in [2.45, 2.75) is 166 Å². The summed E-state index contributed by atoms with van der Waals surface area (Å²) in [5.74, 6) is 5.02. The van der Waals surface area contributed by atoms with Crippen LogP contribution in [-0.2, 0) is 14.1 Å². The van der Waals surface area contributed by atoms with Gasteiger partial charge in [-0.25, -0.2) is 0 Å². The molecule has 332 valence electrons. The van der Waals surface area contributed by atoms with E-state index in [0.717, 1.165) is 29.3 Å². The maximum absolute atomic E-state index is 5.09. The normalized spacial score (nSPS) is 14.9. The van der Waals surface area contributed by atoms with Gasteiger partial charge in [-0.2, -0.15) is 0 Å². The van der Waals surface area contributed by atoms with Crippen LogP contribution in [0.1, 0.15) is 140 Å². The van der Waals surface area contributed by atoms with Crippen molar-refractivity contribution in [3.05, 3.63) is 135 Å². The smallest absolute Gasteiger partial charge is 0.103 e. The van der Waals surface area contributed by atoms with Gasteiger partial charge >= 0.3 is 0 Å². The summed E-state index contributed by atoms with van der Waals surface area (Å²) in [5, 5.41) is 4.40. The van der Waals surface area contributed by atoms with E-state index in [9.17, 15) is 0 Å². The van der Waals surface area contributed by atoms with Crippen LogP contribution >= 0.6 is 22.7 Å². The summed E-state index contributed by atoms with van der Waals surface area (Å²) in [7, 11) is 4.16. The second kappa shape index (κ2) is 26.0. The Labute approximate surface area is 371 Å². The number of hydrogen-bond donors (Lipinski definition) is 0. The third-order valence-corrected chi connectivity index (χ3v) is 15.4. The number of aromatic nitrogens is 2. The zero-order chi connectivity index (χ0) is 44.8. The highest BCUT2D eigenvalue weighted by Gasteiger charge is 2.25. The number of nitrogens with zero attached hydrogens (tertiary/aromatic N) is 2. The van der Waals surface area contributed by atoms with E-state index in [-0.39, 0.29) is 7.43 Å². The molecule has 0 saturated heterocycles. The van der Waals surface area contributed by atoms with Crippen LogP contribution in [0.25, 0.3) is 0 Å². The molecule has 59 heavy (non-hydrogen) atoms. The minimum absolute atomic E-state index is 0. The molecule has 0 aliphatic heterocycles. The fourth-order valence-electron chi connectivity index (χ4n) is 6.21. The van der Waals surface area contributed by atoms with Crippen molar-refractivity contribution in [1.82, 2.24) is 9.13 Å². The molecule has 1 saturated carbocycles. The molecule has 2 atom stereocenters. The van der Waals surface area contributed by atoms with Gasteiger partial charge in [0.25, 0.3) is 0 Å². The topological polar surface area (TPSA) is 36.1 Å². The predicted octanol–water partition coefficient (Wildman–Crippen LogP) is 17.0. The van der Waals surface area contributed by atoms with E-state index in [1.165, 1.54) is 101 Å². The average Bonchev–Trinajstić information content (AvgIpc) is 4.02. The summed E-state index contributed by atoms with van der Waals surface area (Å²) in [6.45, 7) is 45.1. The molecule has 0 amide bonds. The Kier molecular flexibility index (Phi) is 24.5. The lowest BCUT2D eigenvalue weighted by atomic mass is 9.94. The van der Waals surface area contributed by atoms with Gasteiger partial charge in [0.1, 0.15) is 11.5 Å². The molecule has 2 unspecified atom stereocenters. The van der Waals surface area contributed by atoms with Crippen LogP contribution in [0, 0.1) is 142 Å². The van der Waals surface area contributed by atoms with Gasteiger partial charge < -0.3 is 18.0 Å². The summed E-state index contributed by atoms with van der Waals surface area (Å²) >= 11 is 3.66. The van der Waals surface area contributed by atoms with Crippen molar-refractivity contribution in [3.8, 4) is 0 Å². The maximum atomic E-state index is 5.09. The highest BCUT2D eigenvalue weighted by atomic mass is 32.1. The highest BCUT2D eigenvalue weighted by molar-refractivity contribution is 7.10. The van der Waals surface area contributed by atoms with Gasteiger partial charge in [-0.3, -0.25) is 0 Å². The van der Waals surface area contributed by atoms with E-state index in [1.807, 2.05) is 50.4 Å². The number of rotatable bonds is 0. The summed E-state index contributed by atoms with van der Waals surface area (Å²) in [4.78, 5) is 2.89. The minimum Gasteiger partial charge on any atom is -0.469 e. The summed E-state index contributed by atoms with van der Waals surface area (Å²) < 4.78 is 14.5. The first kappa shape index (κ1) is 55.5. The molecule has 0 aromatic carbocycles. The maximum Gasteiger partial charge on any atom is 0.103 e. The quantitative estimate of drug-likeness (QED) is 0.153. The molecule has 0 radical (unpaired) electrons. The fraction of sp³-hybridized carbons (Fsp3) is 0.547. The Hall–Kier alpha value is -3.48. The Balaban J connectivity index is 0.000000664. The molecular weight excluding hydrogens is 761 g/mol. The molecule has 0 N–H and O–H groups in total. The summed E-state index contributed by atoms with van der Waals surface area (Å²) in [5.41, 5.74) is 19.1. The Morgan fingerprint density at radius 3 is 0.814 bits per heavy atom. The van der Waals surface area contributed by atoms with Crippen LogP contribution < -0.4 is 0 Å². The minimum atomic E-state index is 0. The number of furan rings is 2. The zero-order valence-corrected chi connectivity index (χ0v) is 42.8. The van der Waals surface area contributed by atoms with Crippen LogP contribution in [0.4, 0.5) is 0 Å². The largest absolute Gasteiger partial charge is 0.469 e. The van der Waals surface area contributed by atoms with Crippen molar-refractivity contribution in [2.24, 2.45) is 31.8 Å². The first-order valence-corrected chi connectivity index (χ1v) is 22.8. The third-order valence-electron chi connectivity index (χ3n) is 13.1. The molecule has 7 rings (SSSR count). The Morgan fingerprint density at radius 2 is 0.746 bits per heavy atom. The molecule has 1 aliphatic carbocycles. The SMILES string of the molecule is C.CC1CCC(C)C1C.Cc1cn(C)c(C)c1C.Cc1cn(C)c(C)c1C.Cc1coc(C)c1C.Cc1coc(C)c1C.Cc1csc(C)c1C.Cc1csc(C)c1C. The highest BCUT2D eigenvalue weighted by Crippen LogP contribution is 2.35. The monoisotopic (exact) mass is 847 g/mol. The lowest BCUT2D eigenvalue weighted by Crippen LogP contribution is -2.04. The second-order valence-corrected chi connectivity index (χ2v) is 19.2. The Morgan fingerprint density at radius 1 is 0.441 bits per heavy atom. The number of thiophene rings is 2. The number of aryl methyl sites for hydroxylation is 12.